The van der Waals surface area contributed by atoms with E-state index in [-0.39, 0.29) is 43.0 Å². The van der Waals surface area contributed by atoms with Crippen LogP contribution in [0.15, 0.2) is 39.5 Å². The van der Waals surface area contributed by atoms with Crippen molar-refractivity contribution in [2.45, 2.75) is 25.4 Å². The molecule has 3 heterocycles. The van der Waals surface area contributed by atoms with Gasteiger partial charge in [0, 0.05) is 58.2 Å². The van der Waals surface area contributed by atoms with Crippen LogP contribution >= 0.6 is 0 Å². The zero-order chi connectivity index (χ0) is 21.3. The molecule has 2 amide bonds. The lowest BCUT2D eigenvalue weighted by Crippen LogP contribution is -2.59. The molecule has 1 aromatic carbocycles. The first-order chi connectivity index (χ1) is 14.4. The Morgan fingerprint density at radius 1 is 1.03 bits per heavy atom. The zero-order valence-electron chi connectivity index (χ0n) is 17.2. The summed E-state index contributed by atoms with van der Waals surface area (Å²) in [6, 6.07) is 8.00. The average Bonchev–Trinajstić information content (AvgIpc) is 2.78. The number of aliphatic hydroxyl groups is 1. The minimum atomic E-state index is -1.45. The minimum Gasteiger partial charge on any atom is -0.451 e. The highest BCUT2D eigenvalue weighted by Crippen LogP contribution is 2.26. The van der Waals surface area contributed by atoms with Gasteiger partial charge in [0.25, 0.3) is 11.8 Å². The molecule has 0 saturated carbocycles. The van der Waals surface area contributed by atoms with Crippen molar-refractivity contribution in [1.82, 2.24) is 14.7 Å². The van der Waals surface area contributed by atoms with Crippen molar-refractivity contribution in [3.8, 4) is 0 Å². The van der Waals surface area contributed by atoms with E-state index in [0.29, 0.717) is 24.1 Å². The number of hydrogen-bond acceptors (Lipinski definition) is 6. The number of piperazine rings is 1. The molecule has 2 aromatic rings. The van der Waals surface area contributed by atoms with Gasteiger partial charge < -0.3 is 24.2 Å². The molecule has 1 aromatic heterocycles. The smallest absolute Gasteiger partial charge is 0.289 e. The first-order valence-corrected chi connectivity index (χ1v) is 10.5. The predicted molar refractivity (Wildman–Crippen MR) is 111 cm³/mol. The fourth-order valence-corrected chi connectivity index (χ4v) is 4.22. The SMILES string of the molecule is CCN1CCN(C(=O)C2(O)CCN(C(=O)c3cc(=O)c4ccccc4o3)CC2)CC1. The van der Waals surface area contributed by atoms with Crippen molar-refractivity contribution in [3.63, 3.8) is 0 Å². The predicted octanol–water partition coefficient (Wildman–Crippen LogP) is 0.924. The molecule has 2 aliphatic heterocycles. The fraction of sp³-hybridized carbons (Fsp3) is 0.500. The molecule has 0 aliphatic carbocycles. The highest BCUT2D eigenvalue weighted by Gasteiger charge is 2.43. The van der Waals surface area contributed by atoms with E-state index in [2.05, 4.69) is 11.8 Å². The van der Waals surface area contributed by atoms with Crippen LogP contribution in [-0.4, -0.2) is 83.0 Å². The fourth-order valence-electron chi connectivity index (χ4n) is 4.22. The molecule has 0 bridgehead atoms. The molecule has 30 heavy (non-hydrogen) atoms. The van der Waals surface area contributed by atoms with Crippen molar-refractivity contribution in [3.05, 3.63) is 46.3 Å². The Labute approximate surface area is 174 Å². The number of likely N-dealkylation sites (tertiary alicyclic amines) is 1. The Kier molecular flexibility index (Phi) is 5.62. The number of likely N-dealkylation sites (N-methyl/N-ethyl adjacent to an activating group) is 1. The monoisotopic (exact) mass is 413 g/mol. The number of amides is 2. The van der Waals surface area contributed by atoms with Gasteiger partial charge in [-0.1, -0.05) is 19.1 Å². The van der Waals surface area contributed by atoms with E-state index in [0.717, 1.165) is 19.6 Å². The maximum atomic E-state index is 12.9. The molecule has 0 spiro atoms. The van der Waals surface area contributed by atoms with Crippen LogP contribution in [-0.2, 0) is 4.79 Å². The third-order valence-corrected chi connectivity index (χ3v) is 6.23. The van der Waals surface area contributed by atoms with Crippen molar-refractivity contribution < 1.29 is 19.1 Å². The Hall–Kier alpha value is -2.71. The van der Waals surface area contributed by atoms with E-state index in [1.165, 1.54) is 11.0 Å². The second kappa shape index (κ2) is 8.20. The molecule has 4 rings (SSSR count). The molecular weight excluding hydrogens is 386 g/mol. The summed E-state index contributed by atoms with van der Waals surface area (Å²) >= 11 is 0. The summed E-state index contributed by atoms with van der Waals surface area (Å²) in [4.78, 5) is 43.6. The van der Waals surface area contributed by atoms with E-state index in [1.54, 1.807) is 29.2 Å². The van der Waals surface area contributed by atoms with Gasteiger partial charge in [-0.15, -0.1) is 0 Å². The number of piperidine rings is 1. The van der Waals surface area contributed by atoms with Gasteiger partial charge in [0.15, 0.2) is 11.2 Å². The van der Waals surface area contributed by atoms with Crippen LogP contribution in [0.2, 0.25) is 0 Å². The summed E-state index contributed by atoms with van der Waals surface area (Å²) in [5.41, 5.74) is -1.35. The van der Waals surface area contributed by atoms with Crippen LogP contribution in [0.3, 0.4) is 0 Å². The van der Waals surface area contributed by atoms with Gasteiger partial charge in [-0.05, 0) is 18.7 Å². The number of para-hydroxylation sites is 1. The van der Waals surface area contributed by atoms with Crippen molar-refractivity contribution in [1.29, 1.82) is 0 Å². The molecule has 0 radical (unpaired) electrons. The second-order valence-electron chi connectivity index (χ2n) is 8.02. The van der Waals surface area contributed by atoms with Crippen LogP contribution in [0.25, 0.3) is 11.0 Å². The molecule has 1 N–H and O–H groups in total. The van der Waals surface area contributed by atoms with Crippen LogP contribution < -0.4 is 5.43 Å². The average molecular weight is 413 g/mol. The summed E-state index contributed by atoms with van der Waals surface area (Å²) < 4.78 is 5.64. The summed E-state index contributed by atoms with van der Waals surface area (Å²) in [5, 5.41) is 11.4. The Bertz CT molecular complexity index is 1000. The molecule has 8 heteroatoms. The van der Waals surface area contributed by atoms with E-state index in [9.17, 15) is 19.5 Å². The topological polar surface area (TPSA) is 94.3 Å². The molecule has 0 atom stereocenters. The lowest BCUT2D eigenvalue weighted by Gasteiger charge is -2.42. The number of carbonyl (C=O) groups is 2. The summed E-state index contributed by atoms with van der Waals surface area (Å²) in [5.74, 6) is -0.669. The quantitative estimate of drug-likeness (QED) is 0.804. The standard InChI is InChI=1S/C22H27N3O5/c1-2-23-11-13-25(14-12-23)21(28)22(29)7-9-24(10-8-22)20(27)19-15-17(26)16-5-3-4-6-18(16)30-19/h3-6,15,29H,2,7-14H2,1H3. The number of hydrogen-bond donors (Lipinski definition) is 1. The number of carbonyl (C=O) groups excluding carboxylic acids is 2. The minimum absolute atomic E-state index is 0.0221. The van der Waals surface area contributed by atoms with Crippen LogP contribution in [0, 0.1) is 0 Å². The van der Waals surface area contributed by atoms with Gasteiger partial charge in [0.05, 0.1) is 5.39 Å². The van der Waals surface area contributed by atoms with E-state index < -0.39 is 11.5 Å². The second-order valence-corrected chi connectivity index (χ2v) is 8.02. The lowest BCUT2D eigenvalue weighted by atomic mass is 9.89. The van der Waals surface area contributed by atoms with Crippen LogP contribution in [0.1, 0.15) is 30.3 Å². The molecule has 2 fully saturated rings. The molecule has 2 aliphatic rings. The normalized spacial score (nSPS) is 19.8. The Balaban J connectivity index is 1.42. The first-order valence-electron chi connectivity index (χ1n) is 10.5. The van der Waals surface area contributed by atoms with Gasteiger partial charge in [-0.25, -0.2) is 0 Å². The third kappa shape index (κ3) is 3.85. The van der Waals surface area contributed by atoms with Gasteiger partial charge in [-0.2, -0.15) is 0 Å². The number of benzene rings is 1. The van der Waals surface area contributed by atoms with Crippen LogP contribution in [0.5, 0.6) is 0 Å². The molecule has 2 saturated heterocycles. The van der Waals surface area contributed by atoms with Gasteiger partial charge >= 0.3 is 0 Å². The summed E-state index contributed by atoms with van der Waals surface area (Å²) in [7, 11) is 0. The summed E-state index contributed by atoms with van der Waals surface area (Å²) in [6.07, 6.45) is 0.340. The number of rotatable bonds is 3. The Morgan fingerprint density at radius 3 is 2.37 bits per heavy atom. The maximum absolute atomic E-state index is 12.9. The molecule has 0 unspecified atom stereocenters. The first kappa shape index (κ1) is 20.6. The van der Waals surface area contributed by atoms with Crippen molar-refractivity contribution in [2.24, 2.45) is 0 Å². The largest absolute Gasteiger partial charge is 0.451 e. The lowest BCUT2D eigenvalue weighted by molar-refractivity contribution is -0.157. The maximum Gasteiger partial charge on any atom is 0.289 e. The van der Waals surface area contributed by atoms with Gasteiger partial charge in [0.1, 0.15) is 11.2 Å². The molecular formula is C22H27N3O5. The highest BCUT2D eigenvalue weighted by atomic mass is 16.3. The van der Waals surface area contributed by atoms with E-state index in [1.807, 2.05) is 0 Å². The van der Waals surface area contributed by atoms with E-state index >= 15 is 0 Å². The third-order valence-electron chi connectivity index (χ3n) is 6.23. The Morgan fingerprint density at radius 2 is 1.70 bits per heavy atom. The highest BCUT2D eigenvalue weighted by molar-refractivity contribution is 5.93. The number of nitrogens with zero attached hydrogens (tertiary/aromatic N) is 3. The van der Waals surface area contributed by atoms with Crippen molar-refractivity contribution in [2.75, 3.05) is 45.8 Å². The summed E-state index contributed by atoms with van der Waals surface area (Å²) in [6.45, 7) is 6.34. The van der Waals surface area contributed by atoms with Gasteiger partial charge in [0.2, 0.25) is 0 Å². The van der Waals surface area contributed by atoms with Crippen LogP contribution in [0.4, 0.5) is 0 Å². The van der Waals surface area contributed by atoms with Crippen molar-refractivity contribution >= 4 is 22.8 Å². The van der Waals surface area contributed by atoms with E-state index in [4.69, 9.17) is 4.42 Å². The molecule has 160 valence electrons. The molecule has 8 nitrogen and oxygen atoms in total. The number of fused-ring (bicyclic) bond motifs is 1. The zero-order valence-corrected chi connectivity index (χ0v) is 17.2. The van der Waals surface area contributed by atoms with Gasteiger partial charge in [-0.3, -0.25) is 14.4 Å².